The lowest BCUT2D eigenvalue weighted by atomic mass is 9.76. The van der Waals surface area contributed by atoms with Gasteiger partial charge in [0, 0.05) is 12.0 Å². The van der Waals surface area contributed by atoms with Crippen LogP contribution in [0.15, 0.2) is 18.2 Å². The van der Waals surface area contributed by atoms with E-state index in [2.05, 4.69) is 4.74 Å². The standard InChI is InChI=1S/C13H13F4NO2/c14-11-8(12(18)7-2-1-6-10(12)19)4-3-5-9(11)20-13(15,16)17/h3-5H,1-2,6-7,18H2. The lowest BCUT2D eigenvalue weighted by Gasteiger charge is -2.32. The van der Waals surface area contributed by atoms with Crippen LogP contribution in [0.1, 0.15) is 31.2 Å². The van der Waals surface area contributed by atoms with E-state index in [9.17, 15) is 22.4 Å². The second-order valence-corrected chi connectivity index (χ2v) is 4.77. The number of rotatable bonds is 2. The number of carbonyl (C=O) groups excluding carboxylic acids is 1. The van der Waals surface area contributed by atoms with E-state index in [1.165, 1.54) is 12.1 Å². The summed E-state index contributed by atoms with van der Waals surface area (Å²) >= 11 is 0. The highest BCUT2D eigenvalue weighted by Crippen LogP contribution is 2.37. The van der Waals surface area contributed by atoms with Crippen molar-refractivity contribution in [2.75, 3.05) is 0 Å². The Bertz CT molecular complexity index is 530. The van der Waals surface area contributed by atoms with Crippen molar-refractivity contribution in [1.29, 1.82) is 0 Å². The van der Waals surface area contributed by atoms with Crippen molar-refractivity contribution in [3.8, 4) is 5.75 Å². The molecular formula is C13H13F4NO2. The third-order valence-electron chi connectivity index (χ3n) is 3.39. The van der Waals surface area contributed by atoms with E-state index < -0.39 is 23.5 Å². The Morgan fingerprint density at radius 3 is 2.55 bits per heavy atom. The highest BCUT2D eigenvalue weighted by molar-refractivity contribution is 5.90. The van der Waals surface area contributed by atoms with Gasteiger partial charge in [-0.3, -0.25) is 4.79 Å². The predicted molar refractivity (Wildman–Crippen MR) is 62.4 cm³/mol. The first-order chi connectivity index (χ1) is 9.24. The van der Waals surface area contributed by atoms with Crippen molar-refractivity contribution < 1.29 is 27.1 Å². The minimum Gasteiger partial charge on any atom is -0.403 e. The van der Waals surface area contributed by atoms with Crippen molar-refractivity contribution in [1.82, 2.24) is 0 Å². The molecule has 0 amide bonds. The summed E-state index contributed by atoms with van der Waals surface area (Å²) in [6.07, 6.45) is -3.33. The molecular weight excluding hydrogens is 278 g/mol. The van der Waals surface area contributed by atoms with E-state index >= 15 is 0 Å². The Morgan fingerprint density at radius 1 is 1.25 bits per heavy atom. The molecule has 1 aliphatic rings. The Hall–Kier alpha value is -1.63. The molecule has 2 N–H and O–H groups in total. The molecule has 0 aromatic heterocycles. The Morgan fingerprint density at radius 2 is 1.95 bits per heavy atom. The third-order valence-corrected chi connectivity index (χ3v) is 3.39. The van der Waals surface area contributed by atoms with Crippen LogP contribution in [0.5, 0.6) is 5.75 Å². The summed E-state index contributed by atoms with van der Waals surface area (Å²) < 4.78 is 54.3. The van der Waals surface area contributed by atoms with Crippen LogP contribution < -0.4 is 10.5 Å². The molecule has 0 bridgehead atoms. The number of hydrogen-bond donors (Lipinski definition) is 1. The first kappa shape index (κ1) is 14.8. The molecule has 0 radical (unpaired) electrons. The van der Waals surface area contributed by atoms with Gasteiger partial charge in [0.15, 0.2) is 17.3 Å². The van der Waals surface area contributed by atoms with E-state index in [4.69, 9.17) is 5.73 Å². The number of Topliss-reactive ketones (excluding diaryl/α,β-unsaturated/α-hetero) is 1. The van der Waals surface area contributed by atoms with Crippen molar-refractivity contribution in [2.45, 2.75) is 37.6 Å². The van der Waals surface area contributed by atoms with Gasteiger partial charge in [0.05, 0.1) is 0 Å². The molecule has 0 saturated heterocycles. The summed E-state index contributed by atoms with van der Waals surface area (Å²) in [5.41, 5.74) is 4.11. The van der Waals surface area contributed by atoms with Crippen molar-refractivity contribution in [3.63, 3.8) is 0 Å². The van der Waals surface area contributed by atoms with Crippen LogP contribution in [-0.2, 0) is 10.3 Å². The van der Waals surface area contributed by atoms with E-state index in [1.54, 1.807) is 0 Å². The predicted octanol–water partition coefficient (Wildman–Crippen LogP) is 3.02. The molecule has 3 nitrogen and oxygen atoms in total. The average Bonchev–Trinajstić information content (AvgIpc) is 2.34. The van der Waals surface area contributed by atoms with Gasteiger partial charge in [-0.25, -0.2) is 4.39 Å². The van der Waals surface area contributed by atoms with Gasteiger partial charge in [-0.05, 0) is 18.9 Å². The fourth-order valence-electron chi connectivity index (χ4n) is 2.40. The fourth-order valence-corrected chi connectivity index (χ4v) is 2.40. The first-order valence-corrected chi connectivity index (χ1v) is 6.11. The van der Waals surface area contributed by atoms with Crippen molar-refractivity contribution >= 4 is 5.78 Å². The molecule has 1 aromatic carbocycles. The molecule has 1 fully saturated rings. The highest BCUT2D eigenvalue weighted by Gasteiger charge is 2.41. The Labute approximate surface area is 112 Å². The highest BCUT2D eigenvalue weighted by atomic mass is 19.4. The van der Waals surface area contributed by atoms with Crippen molar-refractivity contribution in [3.05, 3.63) is 29.6 Å². The summed E-state index contributed by atoms with van der Waals surface area (Å²) in [6, 6.07) is 3.26. The second-order valence-electron chi connectivity index (χ2n) is 4.77. The molecule has 7 heteroatoms. The van der Waals surface area contributed by atoms with Crippen LogP contribution >= 0.6 is 0 Å². The van der Waals surface area contributed by atoms with Gasteiger partial charge in [0.2, 0.25) is 0 Å². The molecule has 1 saturated carbocycles. The number of alkyl halides is 3. The lowest BCUT2D eigenvalue weighted by Crippen LogP contribution is -2.47. The quantitative estimate of drug-likeness (QED) is 0.852. The van der Waals surface area contributed by atoms with Crippen LogP contribution in [-0.4, -0.2) is 12.1 Å². The Kier molecular flexibility index (Phi) is 3.73. The van der Waals surface area contributed by atoms with E-state index in [0.29, 0.717) is 12.8 Å². The largest absolute Gasteiger partial charge is 0.573 e. The van der Waals surface area contributed by atoms with Gasteiger partial charge < -0.3 is 10.5 Å². The first-order valence-electron chi connectivity index (χ1n) is 6.11. The number of ether oxygens (including phenoxy) is 1. The number of benzene rings is 1. The topological polar surface area (TPSA) is 52.3 Å². The molecule has 110 valence electrons. The normalized spacial score (nSPS) is 23.8. The summed E-state index contributed by atoms with van der Waals surface area (Å²) in [6.45, 7) is 0. The zero-order valence-electron chi connectivity index (χ0n) is 10.5. The summed E-state index contributed by atoms with van der Waals surface area (Å²) in [5, 5.41) is 0. The number of carbonyl (C=O) groups is 1. The zero-order chi connectivity index (χ0) is 15.0. The van der Waals surface area contributed by atoms with Crippen LogP contribution in [0.4, 0.5) is 17.6 Å². The molecule has 2 rings (SSSR count). The summed E-state index contributed by atoms with van der Waals surface area (Å²) in [7, 11) is 0. The molecule has 1 aromatic rings. The van der Waals surface area contributed by atoms with Crippen LogP contribution in [0, 0.1) is 5.82 Å². The van der Waals surface area contributed by atoms with Crippen LogP contribution in [0.25, 0.3) is 0 Å². The second kappa shape index (κ2) is 5.05. The number of nitrogens with two attached hydrogens (primary N) is 1. The minimum absolute atomic E-state index is 0.195. The number of hydrogen-bond acceptors (Lipinski definition) is 3. The van der Waals surface area contributed by atoms with E-state index in [-0.39, 0.29) is 24.2 Å². The molecule has 0 spiro atoms. The van der Waals surface area contributed by atoms with E-state index in [1.807, 2.05) is 0 Å². The summed E-state index contributed by atoms with van der Waals surface area (Å²) in [4.78, 5) is 11.9. The van der Waals surface area contributed by atoms with Gasteiger partial charge in [0.25, 0.3) is 0 Å². The maximum Gasteiger partial charge on any atom is 0.573 e. The SMILES string of the molecule is NC1(c2cccc(OC(F)(F)F)c2F)CCCCC1=O. The zero-order valence-corrected chi connectivity index (χ0v) is 10.5. The van der Waals surface area contributed by atoms with Gasteiger partial charge in [-0.1, -0.05) is 18.6 Å². The Balaban J connectivity index is 2.42. The minimum atomic E-state index is -5.00. The van der Waals surface area contributed by atoms with Crippen LogP contribution in [0.2, 0.25) is 0 Å². The maximum atomic E-state index is 14.1. The molecule has 0 heterocycles. The van der Waals surface area contributed by atoms with Crippen molar-refractivity contribution in [2.24, 2.45) is 5.73 Å². The molecule has 1 unspecified atom stereocenters. The van der Waals surface area contributed by atoms with Gasteiger partial charge in [-0.15, -0.1) is 13.2 Å². The fraction of sp³-hybridized carbons (Fsp3) is 0.462. The number of ketones is 1. The third kappa shape index (κ3) is 2.77. The average molecular weight is 291 g/mol. The molecule has 1 aliphatic carbocycles. The maximum absolute atomic E-state index is 14.1. The van der Waals surface area contributed by atoms with Crippen LogP contribution in [0.3, 0.4) is 0 Å². The summed E-state index contributed by atoms with van der Waals surface area (Å²) in [5.74, 6) is -2.58. The van der Waals surface area contributed by atoms with Gasteiger partial charge in [-0.2, -0.15) is 0 Å². The number of halogens is 4. The smallest absolute Gasteiger partial charge is 0.403 e. The molecule has 0 aliphatic heterocycles. The van der Waals surface area contributed by atoms with Gasteiger partial charge in [0.1, 0.15) is 5.54 Å². The monoisotopic (exact) mass is 291 g/mol. The molecule has 20 heavy (non-hydrogen) atoms. The molecule has 1 atom stereocenters. The van der Waals surface area contributed by atoms with E-state index in [0.717, 1.165) is 6.07 Å². The lowest BCUT2D eigenvalue weighted by molar-refractivity contribution is -0.275. The van der Waals surface area contributed by atoms with Gasteiger partial charge >= 0.3 is 6.36 Å².